The van der Waals surface area contributed by atoms with Gasteiger partial charge in [-0.05, 0) is 12.8 Å². The van der Waals surface area contributed by atoms with Gasteiger partial charge in [-0.3, -0.25) is 0 Å². The van der Waals surface area contributed by atoms with Gasteiger partial charge in [0.15, 0.2) is 6.29 Å². The number of nitrogens with zero attached hydrogens (tertiary/aromatic N) is 2. The van der Waals surface area contributed by atoms with Gasteiger partial charge in [0.1, 0.15) is 0 Å². The Hall–Kier alpha value is -0.910. The number of nitrogens with two attached hydrogens (primary N) is 1. The van der Waals surface area contributed by atoms with E-state index in [1.807, 2.05) is 4.57 Å². The lowest BCUT2D eigenvalue weighted by Crippen LogP contribution is -2.43. The van der Waals surface area contributed by atoms with Crippen LogP contribution in [0.15, 0.2) is 12.5 Å². The molecule has 0 unspecified atom stereocenters. The summed E-state index contributed by atoms with van der Waals surface area (Å²) in [5.74, 6) is 0. The first-order valence-electron chi connectivity index (χ1n) is 5.94. The largest absolute Gasteiger partial charge is 0.350 e. The minimum absolute atomic E-state index is 0.207. The molecule has 0 spiro atoms. The lowest BCUT2D eigenvalue weighted by atomic mass is 9.94. The van der Waals surface area contributed by atoms with E-state index in [4.69, 9.17) is 15.2 Å². The number of methoxy groups -OCH3 is 2. The molecule has 0 aromatic carbocycles. The molecule has 0 saturated carbocycles. The summed E-state index contributed by atoms with van der Waals surface area (Å²) >= 11 is 0. The zero-order valence-electron chi connectivity index (χ0n) is 11.1. The van der Waals surface area contributed by atoms with Gasteiger partial charge in [-0.25, -0.2) is 4.98 Å². The second kappa shape index (κ2) is 6.14. The predicted molar refractivity (Wildman–Crippen MR) is 66.5 cm³/mol. The van der Waals surface area contributed by atoms with Crippen molar-refractivity contribution in [2.75, 3.05) is 14.2 Å². The van der Waals surface area contributed by atoms with E-state index < -0.39 is 6.29 Å². The van der Waals surface area contributed by atoms with Crippen LogP contribution in [-0.2, 0) is 16.0 Å². The molecule has 0 aliphatic heterocycles. The minimum atomic E-state index is -0.393. The van der Waals surface area contributed by atoms with E-state index in [-0.39, 0.29) is 5.54 Å². The maximum absolute atomic E-state index is 6.31. The van der Waals surface area contributed by atoms with Gasteiger partial charge in [-0.15, -0.1) is 0 Å². The first-order valence-corrected chi connectivity index (χ1v) is 5.94. The van der Waals surface area contributed by atoms with Crippen LogP contribution in [0.1, 0.15) is 38.7 Å². The van der Waals surface area contributed by atoms with Crippen molar-refractivity contribution in [2.24, 2.45) is 5.73 Å². The molecule has 0 fully saturated rings. The molecule has 1 aromatic rings. The van der Waals surface area contributed by atoms with Gasteiger partial charge in [-0.2, -0.15) is 0 Å². The second-order valence-corrected chi connectivity index (χ2v) is 4.32. The van der Waals surface area contributed by atoms with Crippen molar-refractivity contribution in [3.05, 3.63) is 18.2 Å². The maximum atomic E-state index is 6.31. The topological polar surface area (TPSA) is 62.3 Å². The van der Waals surface area contributed by atoms with Gasteiger partial charge in [0.2, 0.25) is 0 Å². The summed E-state index contributed by atoms with van der Waals surface area (Å²) in [5.41, 5.74) is 7.00. The summed E-state index contributed by atoms with van der Waals surface area (Å²) in [5, 5.41) is 0. The molecule has 0 atom stereocenters. The van der Waals surface area contributed by atoms with Crippen LogP contribution < -0.4 is 5.73 Å². The zero-order valence-corrected chi connectivity index (χ0v) is 11.1. The molecule has 17 heavy (non-hydrogen) atoms. The van der Waals surface area contributed by atoms with Gasteiger partial charge < -0.3 is 19.8 Å². The van der Waals surface area contributed by atoms with E-state index >= 15 is 0 Å². The molecule has 2 N–H and O–H groups in total. The number of imidazole rings is 1. The van der Waals surface area contributed by atoms with Crippen LogP contribution in [0.4, 0.5) is 0 Å². The van der Waals surface area contributed by atoms with Crippen molar-refractivity contribution in [3.63, 3.8) is 0 Å². The molecule has 0 saturated heterocycles. The number of hydrogen-bond acceptors (Lipinski definition) is 4. The molecule has 0 bridgehead atoms. The van der Waals surface area contributed by atoms with Crippen molar-refractivity contribution in [3.8, 4) is 0 Å². The predicted octanol–water partition coefficient (Wildman–Crippen LogP) is 1.69. The molecular weight excluding hydrogens is 218 g/mol. The normalized spacial score (nSPS) is 12.4. The van der Waals surface area contributed by atoms with Crippen molar-refractivity contribution in [2.45, 2.75) is 45.1 Å². The van der Waals surface area contributed by atoms with Gasteiger partial charge in [0, 0.05) is 26.3 Å². The van der Waals surface area contributed by atoms with E-state index in [1.165, 1.54) is 0 Å². The fourth-order valence-corrected chi connectivity index (χ4v) is 1.81. The monoisotopic (exact) mass is 241 g/mol. The van der Waals surface area contributed by atoms with Crippen LogP contribution in [0, 0.1) is 0 Å². The SMILES string of the molecule is CCC(N)(CC)Cn1cncc1C(OC)OC. The maximum Gasteiger partial charge on any atom is 0.200 e. The Kier molecular flexibility index (Phi) is 5.11. The summed E-state index contributed by atoms with van der Waals surface area (Å²) in [6.45, 7) is 4.92. The smallest absolute Gasteiger partial charge is 0.200 e. The van der Waals surface area contributed by atoms with E-state index in [9.17, 15) is 0 Å². The summed E-state index contributed by atoms with van der Waals surface area (Å²) in [7, 11) is 3.22. The Bertz CT molecular complexity index is 330. The molecule has 1 heterocycles. The lowest BCUT2D eigenvalue weighted by molar-refractivity contribution is -0.110. The Morgan fingerprint density at radius 3 is 2.41 bits per heavy atom. The Morgan fingerprint density at radius 2 is 1.94 bits per heavy atom. The Labute approximate surface area is 103 Å². The van der Waals surface area contributed by atoms with Gasteiger partial charge in [0.05, 0.1) is 18.2 Å². The number of rotatable bonds is 7. The van der Waals surface area contributed by atoms with Crippen molar-refractivity contribution < 1.29 is 9.47 Å². The van der Waals surface area contributed by atoms with E-state index in [0.717, 1.165) is 25.1 Å². The third kappa shape index (κ3) is 3.28. The van der Waals surface area contributed by atoms with Crippen LogP contribution >= 0.6 is 0 Å². The molecule has 0 aliphatic rings. The average molecular weight is 241 g/mol. The number of aromatic nitrogens is 2. The van der Waals surface area contributed by atoms with Gasteiger partial charge in [-0.1, -0.05) is 13.8 Å². The highest BCUT2D eigenvalue weighted by Gasteiger charge is 2.24. The number of ether oxygens (including phenoxy) is 2. The van der Waals surface area contributed by atoms with Crippen LogP contribution in [0.2, 0.25) is 0 Å². The minimum Gasteiger partial charge on any atom is -0.350 e. The highest BCUT2D eigenvalue weighted by Crippen LogP contribution is 2.21. The first kappa shape index (κ1) is 14.2. The van der Waals surface area contributed by atoms with Crippen LogP contribution in [0.3, 0.4) is 0 Å². The molecule has 1 aromatic heterocycles. The van der Waals surface area contributed by atoms with E-state index in [0.29, 0.717) is 0 Å². The Balaban J connectivity index is 2.88. The molecule has 5 heteroatoms. The van der Waals surface area contributed by atoms with Gasteiger partial charge >= 0.3 is 0 Å². The van der Waals surface area contributed by atoms with E-state index in [2.05, 4.69) is 18.8 Å². The summed E-state index contributed by atoms with van der Waals surface area (Å²) in [4.78, 5) is 4.14. The third-order valence-corrected chi connectivity index (χ3v) is 3.31. The number of hydrogen-bond donors (Lipinski definition) is 1. The molecule has 0 aliphatic carbocycles. The molecule has 0 radical (unpaired) electrons. The fourth-order valence-electron chi connectivity index (χ4n) is 1.81. The molecule has 98 valence electrons. The van der Waals surface area contributed by atoms with Gasteiger partial charge in [0.25, 0.3) is 0 Å². The van der Waals surface area contributed by atoms with Crippen LogP contribution in [-0.4, -0.2) is 29.3 Å². The quantitative estimate of drug-likeness (QED) is 0.738. The van der Waals surface area contributed by atoms with Crippen LogP contribution in [0.25, 0.3) is 0 Å². The Morgan fingerprint density at radius 1 is 1.35 bits per heavy atom. The van der Waals surface area contributed by atoms with Crippen LogP contribution in [0.5, 0.6) is 0 Å². The summed E-state index contributed by atoms with van der Waals surface area (Å²) in [6.07, 6.45) is 4.98. The third-order valence-electron chi connectivity index (χ3n) is 3.31. The van der Waals surface area contributed by atoms with Crippen molar-refractivity contribution >= 4 is 0 Å². The van der Waals surface area contributed by atoms with E-state index in [1.54, 1.807) is 26.7 Å². The molecule has 5 nitrogen and oxygen atoms in total. The molecular formula is C12H23N3O2. The summed E-state index contributed by atoms with van der Waals surface area (Å²) in [6, 6.07) is 0. The standard InChI is InChI=1S/C12H23N3O2/c1-5-12(13,6-2)8-15-9-14-7-10(15)11(16-3)17-4/h7,9,11H,5-6,8,13H2,1-4H3. The first-order chi connectivity index (χ1) is 8.10. The average Bonchev–Trinajstić information content (AvgIpc) is 2.79. The molecule has 1 rings (SSSR count). The van der Waals surface area contributed by atoms with Crippen molar-refractivity contribution in [1.82, 2.24) is 9.55 Å². The summed E-state index contributed by atoms with van der Waals surface area (Å²) < 4.78 is 12.5. The fraction of sp³-hybridized carbons (Fsp3) is 0.750. The lowest BCUT2D eigenvalue weighted by Gasteiger charge is -2.28. The second-order valence-electron chi connectivity index (χ2n) is 4.32. The van der Waals surface area contributed by atoms with Crippen molar-refractivity contribution in [1.29, 1.82) is 0 Å². The highest BCUT2D eigenvalue weighted by atomic mass is 16.7. The zero-order chi connectivity index (χ0) is 12.9. The highest BCUT2D eigenvalue weighted by molar-refractivity contribution is 5.02. The molecule has 0 amide bonds.